The number of alkyl halides is 3. The van der Waals surface area contributed by atoms with Gasteiger partial charge in [0.05, 0.1) is 12.0 Å². The molecule has 5 rings (SSSR count). The van der Waals surface area contributed by atoms with Crippen LogP contribution < -0.4 is 21.9 Å². The van der Waals surface area contributed by atoms with Crippen LogP contribution in [0.5, 0.6) is 5.75 Å². The van der Waals surface area contributed by atoms with Crippen LogP contribution in [0.25, 0.3) is 10.9 Å². The molecule has 2 atom stereocenters. The summed E-state index contributed by atoms with van der Waals surface area (Å²) in [5.74, 6) is -1.25. The normalized spacial score (nSPS) is 16.9. The Labute approximate surface area is 258 Å². The van der Waals surface area contributed by atoms with Crippen molar-refractivity contribution in [2.24, 2.45) is 22.2 Å². The number of hydrogen-bond acceptors (Lipinski definition) is 5. The lowest BCUT2D eigenvalue weighted by molar-refractivity contribution is -0.139. The van der Waals surface area contributed by atoms with Gasteiger partial charge in [-0.15, -0.1) is 0 Å². The Kier molecular flexibility index (Phi) is 11.0. The number of rotatable bonds is 11. The molecule has 13 heteroatoms. The Morgan fingerprint density at radius 2 is 1.80 bits per heavy atom. The summed E-state index contributed by atoms with van der Waals surface area (Å²) in [6.45, 7) is 0.469. The SMILES string of the molecule is NC(N)=NCCCC(N)C(=O)O.O=C(O)CC1CCc2c1[nH]c1ccc(OCc3ccc(C4CCCC4)c(C(F)(F)F)c3)cc21. The van der Waals surface area contributed by atoms with E-state index in [0.717, 1.165) is 60.7 Å². The fraction of sp³-hybridized carbons (Fsp3) is 0.469. The number of aliphatic carboxylic acids is 2. The number of aromatic amines is 1. The number of H-pyrrole nitrogens is 1. The fourth-order valence-corrected chi connectivity index (χ4v) is 6.17. The van der Waals surface area contributed by atoms with Crippen molar-refractivity contribution in [3.8, 4) is 5.75 Å². The van der Waals surface area contributed by atoms with Gasteiger partial charge in [-0.2, -0.15) is 13.2 Å². The molecule has 0 spiro atoms. The molecule has 2 aliphatic carbocycles. The summed E-state index contributed by atoms with van der Waals surface area (Å²) in [4.78, 5) is 28.4. The number of guanidine groups is 1. The second kappa shape index (κ2) is 14.7. The molecular formula is C32H40F3N5O5. The van der Waals surface area contributed by atoms with Crippen LogP contribution in [0.1, 0.15) is 91.2 Å². The number of carboxylic acids is 2. The molecule has 2 unspecified atom stereocenters. The smallest absolute Gasteiger partial charge is 0.416 e. The van der Waals surface area contributed by atoms with E-state index in [9.17, 15) is 22.8 Å². The van der Waals surface area contributed by atoms with E-state index in [2.05, 4.69) is 9.98 Å². The molecule has 0 saturated heterocycles. The molecule has 3 aromatic rings. The first-order valence-electron chi connectivity index (χ1n) is 15.1. The molecule has 10 nitrogen and oxygen atoms in total. The summed E-state index contributed by atoms with van der Waals surface area (Å²) >= 11 is 0. The standard InChI is InChI=1S/C26H26F3NO3.C6H14N4O2/c27-26(28,29)22-11-15(5-8-19(22)16-3-1-2-4-16)14-33-18-7-10-23-21(13-18)20-9-6-17(12-24(31)32)25(20)30-23;7-4(5(11)12)2-1-3-10-6(8)9/h5,7-8,10-11,13,16-17,30H,1-4,6,9,12,14H2,(H,31,32);4H,1-3,7H2,(H,11,12)(H4,8,9,10). The van der Waals surface area contributed by atoms with E-state index in [1.807, 2.05) is 12.1 Å². The maximum atomic E-state index is 13.7. The van der Waals surface area contributed by atoms with Gasteiger partial charge >= 0.3 is 18.1 Å². The largest absolute Gasteiger partial charge is 0.489 e. The molecule has 2 aliphatic rings. The van der Waals surface area contributed by atoms with Crippen LogP contribution >= 0.6 is 0 Å². The van der Waals surface area contributed by atoms with Gasteiger partial charge in [-0.1, -0.05) is 25.0 Å². The van der Waals surface area contributed by atoms with Gasteiger partial charge in [0.25, 0.3) is 0 Å². The zero-order valence-corrected chi connectivity index (χ0v) is 24.9. The van der Waals surface area contributed by atoms with Gasteiger partial charge in [0.2, 0.25) is 0 Å². The van der Waals surface area contributed by atoms with E-state index in [1.165, 1.54) is 6.07 Å². The minimum absolute atomic E-state index is 0.0129. The molecule has 2 aromatic carbocycles. The maximum absolute atomic E-state index is 13.7. The van der Waals surface area contributed by atoms with Crippen molar-refractivity contribution >= 4 is 28.8 Å². The number of benzene rings is 2. The number of nitrogens with zero attached hydrogens (tertiary/aromatic N) is 1. The predicted octanol–water partition coefficient (Wildman–Crippen LogP) is 5.38. The third-order valence-corrected chi connectivity index (χ3v) is 8.39. The third kappa shape index (κ3) is 8.90. The van der Waals surface area contributed by atoms with E-state index < -0.39 is 29.7 Å². The highest BCUT2D eigenvalue weighted by molar-refractivity contribution is 5.87. The van der Waals surface area contributed by atoms with Crippen LogP contribution in [0.3, 0.4) is 0 Å². The van der Waals surface area contributed by atoms with Crippen molar-refractivity contribution < 1.29 is 37.7 Å². The van der Waals surface area contributed by atoms with Crippen molar-refractivity contribution in [2.75, 3.05) is 6.54 Å². The summed E-state index contributed by atoms with van der Waals surface area (Å²) < 4.78 is 47.1. The molecule has 0 bridgehead atoms. The lowest BCUT2D eigenvalue weighted by atomic mass is 9.91. The number of aromatic nitrogens is 1. The highest BCUT2D eigenvalue weighted by Crippen LogP contribution is 2.43. The number of nitrogens with two attached hydrogens (primary N) is 3. The molecular weight excluding hydrogens is 591 g/mol. The molecule has 0 aliphatic heterocycles. The second-order valence-electron chi connectivity index (χ2n) is 11.6. The van der Waals surface area contributed by atoms with Crippen molar-refractivity contribution in [3.63, 3.8) is 0 Å². The van der Waals surface area contributed by atoms with Gasteiger partial charge in [0.1, 0.15) is 18.4 Å². The third-order valence-electron chi connectivity index (χ3n) is 8.39. The summed E-state index contributed by atoms with van der Waals surface area (Å²) in [6.07, 6.45) is 1.85. The summed E-state index contributed by atoms with van der Waals surface area (Å²) in [6, 6.07) is 9.35. The molecule has 1 fully saturated rings. The van der Waals surface area contributed by atoms with Gasteiger partial charge in [-0.05, 0) is 85.4 Å². The monoisotopic (exact) mass is 631 g/mol. The Bertz CT molecular complexity index is 1530. The number of aryl methyl sites for hydroxylation is 1. The average molecular weight is 632 g/mol. The fourth-order valence-electron chi connectivity index (χ4n) is 6.17. The van der Waals surface area contributed by atoms with Crippen molar-refractivity contribution in [3.05, 3.63) is 64.3 Å². The molecule has 1 saturated carbocycles. The van der Waals surface area contributed by atoms with E-state index >= 15 is 0 Å². The lowest BCUT2D eigenvalue weighted by Gasteiger charge is -2.19. The first-order chi connectivity index (χ1) is 21.3. The second-order valence-corrected chi connectivity index (χ2v) is 11.6. The van der Waals surface area contributed by atoms with E-state index in [1.54, 1.807) is 18.2 Å². The lowest BCUT2D eigenvalue weighted by Crippen LogP contribution is -2.30. The quantitative estimate of drug-likeness (QED) is 0.0923. The first-order valence-corrected chi connectivity index (χ1v) is 15.1. The van der Waals surface area contributed by atoms with Crippen LogP contribution in [0.2, 0.25) is 0 Å². The van der Waals surface area contributed by atoms with Crippen molar-refractivity contribution in [1.29, 1.82) is 0 Å². The predicted molar refractivity (Wildman–Crippen MR) is 164 cm³/mol. The van der Waals surface area contributed by atoms with Crippen molar-refractivity contribution in [2.45, 2.75) is 88.4 Å². The number of aliphatic imine (C=N–C) groups is 1. The number of fused-ring (bicyclic) bond motifs is 3. The van der Waals surface area contributed by atoms with Crippen LogP contribution in [0, 0.1) is 0 Å². The molecule has 1 heterocycles. The number of carbonyl (C=O) groups is 2. The Morgan fingerprint density at radius 3 is 2.44 bits per heavy atom. The molecule has 0 amide bonds. The van der Waals surface area contributed by atoms with Gasteiger partial charge in [-0.25, -0.2) is 0 Å². The minimum Gasteiger partial charge on any atom is -0.489 e. The molecule has 1 aromatic heterocycles. The number of hydrogen-bond donors (Lipinski definition) is 6. The molecule has 9 N–H and O–H groups in total. The first kappa shape index (κ1) is 33.6. The zero-order chi connectivity index (χ0) is 32.7. The zero-order valence-electron chi connectivity index (χ0n) is 24.9. The van der Waals surface area contributed by atoms with Crippen LogP contribution in [0.15, 0.2) is 41.4 Å². The highest BCUT2D eigenvalue weighted by atomic mass is 19.4. The van der Waals surface area contributed by atoms with Gasteiger partial charge < -0.3 is 37.1 Å². The van der Waals surface area contributed by atoms with Crippen LogP contribution in [-0.2, 0) is 28.8 Å². The molecule has 45 heavy (non-hydrogen) atoms. The van der Waals surface area contributed by atoms with E-state index in [0.29, 0.717) is 36.3 Å². The van der Waals surface area contributed by atoms with E-state index in [-0.39, 0.29) is 30.8 Å². The van der Waals surface area contributed by atoms with Crippen LogP contribution in [-0.4, -0.2) is 45.7 Å². The van der Waals surface area contributed by atoms with Crippen molar-refractivity contribution in [1.82, 2.24) is 4.98 Å². The number of nitrogens with one attached hydrogen (secondary N) is 1. The number of carboxylic acid groups (broad SMARTS) is 2. The Morgan fingerprint density at radius 1 is 1.07 bits per heavy atom. The maximum Gasteiger partial charge on any atom is 0.416 e. The van der Waals surface area contributed by atoms with Gasteiger partial charge in [0.15, 0.2) is 5.96 Å². The van der Waals surface area contributed by atoms with E-state index in [4.69, 9.17) is 32.2 Å². The Balaban J connectivity index is 0.000000328. The van der Waals surface area contributed by atoms with Crippen LogP contribution in [0.4, 0.5) is 13.2 Å². The number of ether oxygens (including phenoxy) is 1. The number of halogens is 3. The summed E-state index contributed by atoms with van der Waals surface area (Å²) in [7, 11) is 0. The summed E-state index contributed by atoms with van der Waals surface area (Å²) in [5, 5.41) is 18.5. The summed E-state index contributed by atoms with van der Waals surface area (Å²) in [5.41, 5.74) is 18.7. The van der Waals surface area contributed by atoms with Gasteiger partial charge in [-0.3, -0.25) is 14.6 Å². The molecule has 244 valence electrons. The Hall–Kier alpha value is -4.26. The topological polar surface area (TPSA) is 190 Å². The highest BCUT2D eigenvalue weighted by Gasteiger charge is 2.36. The molecule has 0 radical (unpaired) electrons. The average Bonchev–Trinajstić information content (AvgIpc) is 3.72. The van der Waals surface area contributed by atoms with Gasteiger partial charge in [0, 0.05) is 29.1 Å². The minimum atomic E-state index is -4.38.